The molecular weight excluding hydrogens is 260 g/mol. The molecule has 0 saturated heterocycles. The first-order valence-corrected chi connectivity index (χ1v) is 8.66. The van der Waals surface area contributed by atoms with Gasteiger partial charge in [-0.2, -0.15) is 0 Å². The van der Waals surface area contributed by atoms with Crippen LogP contribution in [0.4, 0.5) is 0 Å². The Bertz CT molecular complexity index is 416. The van der Waals surface area contributed by atoms with E-state index in [9.17, 15) is 10.2 Å². The molecule has 0 amide bonds. The predicted molar refractivity (Wildman–Crippen MR) is 87.6 cm³/mol. The van der Waals surface area contributed by atoms with E-state index in [0.717, 1.165) is 31.6 Å². The molecule has 1 fully saturated rings. The summed E-state index contributed by atoms with van der Waals surface area (Å²) in [6.07, 6.45) is 10.3. The molecule has 2 rings (SSSR count). The van der Waals surface area contributed by atoms with Crippen LogP contribution in [0.15, 0.2) is 24.3 Å². The molecule has 0 radical (unpaired) electrons. The SMILES string of the molecule is CCCCC(O)CCC1CCCC(c2cccc(O)c2)C1. The number of aliphatic hydroxyl groups excluding tert-OH is 1. The van der Waals surface area contributed by atoms with Crippen molar-refractivity contribution < 1.29 is 10.2 Å². The molecule has 1 saturated carbocycles. The number of benzene rings is 1. The maximum absolute atomic E-state index is 10.00. The summed E-state index contributed by atoms with van der Waals surface area (Å²) in [5.74, 6) is 1.70. The van der Waals surface area contributed by atoms with Crippen molar-refractivity contribution in [3.8, 4) is 5.75 Å². The number of phenols is 1. The highest BCUT2D eigenvalue weighted by molar-refractivity contribution is 5.30. The van der Waals surface area contributed by atoms with Crippen LogP contribution >= 0.6 is 0 Å². The minimum atomic E-state index is -0.105. The normalized spacial score (nSPS) is 23.9. The molecule has 0 aromatic heterocycles. The first-order chi connectivity index (χ1) is 10.2. The first-order valence-electron chi connectivity index (χ1n) is 8.66. The van der Waals surface area contributed by atoms with Crippen LogP contribution in [0.25, 0.3) is 0 Å². The Kier molecular flexibility index (Phi) is 6.56. The molecular formula is C19H30O2. The highest BCUT2D eigenvalue weighted by Crippen LogP contribution is 2.39. The third-order valence-corrected chi connectivity index (χ3v) is 4.92. The lowest BCUT2D eigenvalue weighted by molar-refractivity contribution is 0.136. The van der Waals surface area contributed by atoms with Gasteiger partial charge in [-0.05, 0) is 61.6 Å². The van der Waals surface area contributed by atoms with E-state index in [1.54, 1.807) is 6.07 Å². The maximum Gasteiger partial charge on any atom is 0.115 e. The molecule has 0 bridgehead atoms. The standard InChI is InChI=1S/C19H30O2/c1-2-3-9-18(20)12-11-15-6-4-7-16(13-15)17-8-5-10-19(21)14-17/h5,8,10,14-16,18,20-21H,2-4,6-7,9,11-13H2,1H3. The zero-order valence-electron chi connectivity index (χ0n) is 13.3. The van der Waals surface area contributed by atoms with Crippen LogP contribution in [0.3, 0.4) is 0 Å². The van der Waals surface area contributed by atoms with Crippen molar-refractivity contribution in [2.45, 2.75) is 76.7 Å². The maximum atomic E-state index is 10.00. The van der Waals surface area contributed by atoms with E-state index < -0.39 is 0 Å². The Morgan fingerprint density at radius 3 is 2.86 bits per heavy atom. The van der Waals surface area contributed by atoms with E-state index >= 15 is 0 Å². The molecule has 1 aromatic carbocycles. The quantitative estimate of drug-likeness (QED) is 0.742. The zero-order chi connectivity index (χ0) is 15.1. The minimum absolute atomic E-state index is 0.105. The molecule has 0 spiro atoms. The Hall–Kier alpha value is -1.02. The summed E-state index contributed by atoms with van der Waals surface area (Å²) in [5, 5.41) is 19.6. The van der Waals surface area contributed by atoms with Gasteiger partial charge in [-0.3, -0.25) is 0 Å². The van der Waals surface area contributed by atoms with Crippen molar-refractivity contribution in [3.63, 3.8) is 0 Å². The monoisotopic (exact) mass is 290 g/mol. The number of hydrogen-bond donors (Lipinski definition) is 2. The van der Waals surface area contributed by atoms with Gasteiger partial charge in [0.05, 0.1) is 6.10 Å². The van der Waals surface area contributed by atoms with Gasteiger partial charge in [0.15, 0.2) is 0 Å². The molecule has 21 heavy (non-hydrogen) atoms. The largest absolute Gasteiger partial charge is 0.508 e. The minimum Gasteiger partial charge on any atom is -0.508 e. The Morgan fingerprint density at radius 1 is 1.24 bits per heavy atom. The van der Waals surface area contributed by atoms with E-state index in [-0.39, 0.29) is 6.10 Å². The third-order valence-electron chi connectivity index (χ3n) is 4.92. The topological polar surface area (TPSA) is 40.5 Å². The summed E-state index contributed by atoms with van der Waals surface area (Å²) in [4.78, 5) is 0. The van der Waals surface area contributed by atoms with Crippen LogP contribution in [0.5, 0.6) is 5.75 Å². The molecule has 0 heterocycles. The summed E-state index contributed by atoms with van der Waals surface area (Å²) in [6, 6.07) is 7.75. The summed E-state index contributed by atoms with van der Waals surface area (Å²) in [5.41, 5.74) is 1.28. The van der Waals surface area contributed by atoms with Crippen molar-refractivity contribution >= 4 is 0 Å². The van der Waals surface area contributed by atoms with Crippen LogP contribution in [-0.2, 0) is 0 Å². The van der Waals surface area contributed by atoms with Crippen LogP contribution in [0.1, 0.15) is 76.2 Å². The predicted octanol–water partition coefficient (Wildman–Crippen LogP) is 5.00. The number of hydrogen-bond acceptors (Lipinski definition) is 2. The lowest BCUT2D eigenvalue weighted by Crippen LogP contribution is -2.16. The second-order valence-corrected chi connectivity index (χ2v) is 6.70. The van der Waals surface area contributed by atoms with Crippen molar-refractivity contribution in [1.82, 2.24) is 0 Å². The third kappa shape index (κ3) is 5.35. The molecule has 2 N–H and O–H groups in total. The van der Waals surface area contributed by atoms with Gasteiger partial charge < -0.3 is 10.2 Å². The van der Waals surface area contributed by atoms with Gasteiger partial charge in [0.1, 0.15) is 5.75 Å². The number of aliphatic hydroxyl groups is 1. The highest BCUT2D eigenvalue weighted by atomic mass is 16.3. The Labute approximate surface area is 129 Å². The second-order valence-electron chi connectivity index (χ2n) is 6.70. The van der Waals surface area contributed by atoms with Gasteiger partial charge in [0.25, 0.3) is 0 Å². The summed E-state index contributed by atoms with van der Waals surface area (Å²) >= 11 is 0. The smallest absolute Gasteiger partial charge is 0.115 e. The van der Waals surface area contributed by atoms with Gasteiger partial charge in [-0.15, -0.1) is 0 Å². The molecule has 1 aromatic rings. The fraction of sp³-hybridized carbons (Fsp3) is 0.684. The van der Waals surface area contributed by atoms with E-state index in [4.69, 9.17) is 0 Å². The van der Waals surface area contributed by atoms with Crippen molar-refractivity contribution in [1.29, 1.82) is 0 Å². The molecule has 3 atom stereocenters. The van der Waals surface area contributed by atoms with Gasteiger partial charge in [0, 0.05) is 0 Å². The number of rotatable bonds is 7. The van der Waals surface area contributed by atoms with Crippen molar-refractivity contribution in [2.24, 2.45) is 5.92 Å². The van der Waals surface area contributed by atoms with E-state index in [0.29, 0.717) is 11.7 Å². The fourth-order valence-electron chi connectivity index (χ4n) is 3.65. The highest BCUT2D eigenvalue weighted by Gasteiger charge is 2.23. The summed E-state index contributed by atoms with van der Waals surface area (Å²) in [7, 11) is 0. The van der Waals surface area contributed by atoms with E-state index in [1.807, 2.05) is 12.1 Å². The average molecular weight is 290 g/mol. The molecule has 1 aliphatic carbocycles. The lowest BCUT2D eigenvalue weighted by atomic mass is 9.76. The number of unbranched alkanes of at least 4 members (excludes halogenated alkanes) is 1. The Balaban J connectivity index is 1.81. The van der Waals surface area contributed by atoms with Gasteiger partial charge >= 0.3 is 0 Å². The number of aromatic hydroxyl groups is 1. The second kappa shape index (κ2) is 8.43. The molecule has 2 heteroatoms. The first kappa shape index (κ1) is 16.4. The molecule has 2 nitrogen and oxygen atoms in total. The van der Waals surface area contributed by atoms with Crippen LogP contribution < -0.4 is 0 Å². The molecule has 118 valence electrons. The van der Waals surface area contributed by atoms with Crippen LogP contribution in [0.2, 0.25) is 0 Å². The number of phenolic OH excluding ortho intramolecular Hbond substituents is 1. The van der Waals surface area contributed by atoms with Gasteiger partial charge in [-0.25, -0.2) is 0 Å². The van der Waals surface area contributed by atoms with Gasteiger partial charge in [-0.1, -0.05) is 44.7 Å². The Morgan fingerprint density at radius 2 is 2.10 bits per heavy atom. The summed E-state index contributed by atoms with van der Waals surface area (Å²) in [6.45, 7) is 2.17. The molecule has 0 aliphatic heterocycles. The van der Waals surface area contributed by atoms with Crippen LogP contribution in [0, 0.1) is 5.92 Å². The van der Waals surface area contributed by atoms with E-state index in [2.05, 4.69) is 13.0 Å². The summed E-state index contributed by atoms with van der Waals surface area (Å²) < 4.78 is 0. The van der Waals surface area contributed by atoms with Gasteiger partial charge in [0.2, 0.25) is 0 Å². The van der Waals surface area contributed by atoms with E-state index in [1.165, 1.54) is 37.7 Å². The van der Waals surface area contributed by atoms with Crippen LogP contribution in [-0.4, -0.2) is 16.3 Å². The lowest BCUT2D eigenvalue weighted by Gasteiger charge is -2.30. The molecule has 3 unspecified atom stereocenters. The average Bonchev–Trinajstić information content (AvgIpc) is 2.51. The molecule has 1 aliphatic rings. The fourth-order valence-corrected chi connectivity index (χ4v) is 3.65. The van der Waals surface area contributed by atoms with Crippen molar-refractivity contribution in [2.75, 3.05) is 0 Å². The van der Waals surface area contributed by atoms with Crippen molar-refractivity contribution in [3.05, 3.63) is 29.8 Å². The zero-order valence-corrected chi connectivity index (χ0v) is 13.3.